The molecule has 0 fully saturated rings. The van der Waals surface area contributed by atoms with Gasteiger partial charge >= 0.3 is 0 Å². The van der Waals surface area contributed by atoms with Crippen LogP contribution >= 0.6 is 0 Å². The molecule has 1 aromatic carbocycles. The molecule has 0 amide bonds. The van der Waals surface area contributed by atoms with Crippen LogP contribution in [0, 0.1) is 11.8 Å². The summed E-state index contributed by atoms with van der Waals surface area (Å²) in [4.78, 5) is 0. The van der Waals surface area contributed by atoms with Crippen molar-refractivity contribution in [2.24, 2.45) is 17.6 Å². The van der Waals surface area contributed by atoms with Gasteiger partial charge in [0.1, 0.15) is 0 Å². The van der Waals surface area contributed by atoms with Crippen LogP contribution in [0.2, 0.25) is 0 Å². The fraction of sp³-hybridized carbons (Fsp3) is 0.625. The molecule has 0 saturated heterocycles. The molecular weight excluding hydrogens is 206 g/mol. The van der Waals surface area contributed by atoms with Gasteiger partial charge in [0.25, 0.3) is 0 Å². The minimum Gasteiger partial charge on any atom is -0.327 e. The van der Waals surface area contributed by atoms with Crippen LogP contribution in [-0.4, -0.2) is 6.04 Å². The van der Waals surface area contributed by atoms with E-state index in [0.717, 1.165) is 5.92 Å². The first-order valence-electron chi connectivity index (χ1n) is 7.03. The number of nitrogens with two attached hydrogens (primary N) is 1. The number of benzene rings is 1. The molecule has 2 rings (SSSR count). The summed E-state index contributed by atoms with van der Waals surface area (Å²) in [7, 11) is 0. The maximum absolute atomic E-state index is 6.38. The van der Waals surface area contributed by atoms with E-state index in [9.17, 15) is 0 Å². The summed E-state index contributed by atoms with van der Waals surface area (Å²) < 4.78 is 0. The second kappa shape index (κ2) is 5.68. The van der Waals surface area contributed by atoms with Gasteiger partial charge in [0, 0.05) is 6.04 Å². The predicted octanol–water partition coefficient (Wildman–Crippen LogP) is 3.56. The van der Waals surface area contributed by atoms with Crippen molar-refractivity contribution in [1.82, 2.24) is 0 Å². The molecule has 0 aliphatic heterocycles. The fourth-order valence-electron chi connectivity index (χ4n) is 2.92. The Labute approximate surface area is 105 Å². The van der Waals surface area contributed by atoms with E-state index in [1.807, 2.05) is 0 Å². The van der Waals surface area contributed by atoms with Gasteiger partial charge in [-0.05, 0) is 48.6 Å². The fourth-order valence-corrected chi connectivity index (χ4v) is 2.92. The van der Waals surface area contributed by atoms with Crippen LogP contribution in [0.15, 0.2) is 24.3 Å². The first-order chi connectivity index (χ1) is 8.20. The van der Waals surface area contributed by atoms with E-state index in [1.54, 1.807) is 5.56 Å². The molecule has 17 heavy (non-hydrogen) atoms. The maximum Gasteiger partial charge on any atom is 0.00729 e. The van der Waals surface area contributed by atoms with Gasteiger partial charge in [-0.1, -0.05) is 44.5 Å². The molecule has 0 aromatic heterocycles. The Morgan fingerprint density at radius 3 is 2.71 bits per heavy atom. The van der Waals surface area contributed by atoms with Gasteiger partial charge in [-0.2, -0.15) is 0 Å². The molecule has 1 aliphatic rings. The molecule has 1 heteroatoms. The molecule has 1 aliphatic carbocycles. The van der Waals surface area contributed by atoms with E-state index < -0.39 is 0 Å². The Morgan fingerprint density at radius 2 is 2.00 bits per heavy atom. The largest absolute Gasteiger partial charge is 0.327 e. The Hall–Kier alpha value is -0.820. The van der Waals surface area contributed by atoms with Gasteiger partial charge in [-0.15, -0.1) is 0 Å². The first kappa shape index (κ1) is 12.6. The summed E-state index contributed by atoms with van der Waals surface area (Å²) in [5.74, 6) is 1.46. The number of aryl methyl sites for hydroxylation is 1. The lowest BCUT2D eigenvalue weighted by molar-refractivity contribution is 0.319. The Morgan fingerprint density at radius 1 is 1.29 bits per heavy atom. The van der Waals surface area contributed by atoms with Crippen molar-refractivity contribution in [2.45, 2.75) is 52.0 Å². The van der Waals surface area contributed by atoms with Crippen LogP contribution in [0.5, 0.6) is 0 Å². The number of fused-ring (bicyclic) bond motifs is 1. The molecule has 94 valence electrons. The minimum atomic E-state index is 0.387. The van der Waals surface area contributed by atoms with Crippen molar-refractivity contribution in [3.8, 4) is 0 Å². The second-order valence-electron chi connectivity index (χ2n) is 5.68. The number of hydrogen-bond donors (Lipinski definition) is 1. The second-order valence-corrected chi connectivity index (χ2v) is 5.68. The zero-order valence-corrected chi connectivity index (χ0v) is 11.2. The summed E-state index contributed by atoms with van der Waals surface area (Å²) in [5.41, 5.74) is 9.45. The highest BCUT2D eigenvalue weighted by Crippen LogP contribution is 2.29. The summed E-state index contributed by atoms with van der Waals surface area (Å²) in [6, 6.07) is 9.24. The molecule has 0 radical (unpaired) electrons. The lowest BCUT2D eigenvalue weighted by atomic mass is 9.78. The number of hydrogen-bond acceptors (Lipinski definition) is 1. The van der Waals surface area contributed by atoms with Crippen molar-refractivity contribution in [3.05, 3.63) is 35.4 Å². The molecule has 2 N–H and O–H groups in total. The zero-order valence-electron chi connectivity index (χ0n) is 11.2. The highest BCUT2D eigenvalue weighted by molar-refractivity contribution is 5.29. The highest BCUT2D eigenvalue weighted by atomic mass is 14.7. The van der Waals surface area contributed by atoms with Gasteiger partial charge in [0.2, 0.25) is 0 Å². The van der Waals surface area contributed by atoms with Gasteiger partial charge in [-0.3, -0.25) is 0 Å². The summed E-state index contributed by atoms with van der Waals surface area (Å²) in [6.45, 7) is 4.57. The molecular formula is C16H25N. The minimum absolute atomic E-state index is 0.387. The van der Waals surface area contributed by atoms with Crippen molar-refractivity contribution < 1.29 is 0 Å². The molecule has 0 bridgehead atoms. The molecule has 0 saturated carbocycles. The average molecular weight is 231 g/mol. The third-order valence-electron chi connectivity index (χ3n) is 4.36. The first-order valence-corrected chi connectivity index (χ1v) is 7.03. The zero-order chi connectivity index (χ0) is 12.3. The predicted molar refractivity (Wildman–Crippen MR) is 74.0 cm³/mol. The van der Waals surface area contributed by atoms with Gasteiger partial charge in [0.05, 0.1) is 0 Å². The van der Waals surface area contributed by atoms with Crippen molar-refractivity contribution in [1.29, 1.82) is 0 Å². The third-order valence-corrected chi connectivity index (χ3v) is 4.36. The number of rotatable bonds is 4. The van der Waals surface area contributed by atoms with Crippen LogP contribution in [0.3, 0.4) is 0 Å². The topological polar surface area (TPSA) is 26.0 Å². The van der Waals surface area contributed by atoms with E-state index in [1.165, 1.54) is 37.7 Å². The van der Waals surface area contributed by atoms with Gasteiger partial charge in [-0.25, -0.2) is 0 Å². The van der Waals surface area contributed by atoms with E-state index in [2.05, 4.69) is 38.1 Å². The molecule has 1 aromatic rings. The molecule has 0 heterocycles. The van der Waals surface area contributed by atoms with E-state index in [-0.39, 0.29) is 0 Å². The lowest BCUT2D eigenvalue weighted by Gasteiger charge is -2.30. The lowest BCUT2D eigenvalue weighted by Crippen LogP contribution is -2.35. The van der Waals surface area contributed by atoms with E-state index in [4.69, 9.17) is 5.73 Å². The van der Waals surface area contributed by atoms with E-state index >= 15 is 0 Å². The summed E-state index contributed by atoms with van der Waals surface area (Å²) >= 11 is 0. The van der Waals surface area contributed by atoms with E-state index in [0.29, 0.717) is 12.0 Å². The van der Waals surface area contributed by atoms with Crippen molar-refractivity contribution in [2.75, 3.05) is 0 Å². The van der Waals surface area contributed by atoms with Crippen LogP contribution in [0.25, 0.3) is 0 Å². The monoisotopic (exact) mass is 231 g/mol. The van der Waals surface area contributed by atoms with Gasteiger partial charge in [0.15, 0.2) is 0 Å². The Bertz CT molecular complexity index is 358. The van der Waals surface area contributed by atoms with Crippen LogP contribution < -0.4 is 5.73 Å². The normalized spacial score (nSPS) is 22.9. The SMILES string of the molecule is CCC(C)CC(N)C1CCc2ccccc2C1. The quantitative estimate of drug-likeness (QED) is 0.842. The molecule has 3 unspecified atom stereocenters. The summed E-state index contributed by atoms with van der Waals surface area (Å²) in [5, 5.41) is 0. The maximum atomic E-state index is 6.38. The van der Waals surface area contributed by atoms with Crippen LogP contribution in [-0.2, 0) is 12.8 Å². The summed E-state index contributed by atoms with van der Waals surface area (Å²) in [6.07, 6.45) is 6.11. The molecule has 3 atom stereocenters. The van der Waals surface area contributed by atoms with Crippen LogP contribution in [0.1, 0.15) is 44.2 Å². The third kappa shape index (κ3) is 3.10. The highest BCUT2D eigenvalue weighted by Gasteiger charge is 2.24. The Kier molecular flexibility index (Phi) is 4.22. The average Bonchev–Trinajstić information content (AvgIpc) is 2.38. The standard InChI is InChI=1S/C16H25N/c1-3-12(2)10-16(17)15-9-8-13-6-4-5-7-14(13)11-15/h4-7,12,15-16H,3,8-11,17H2,1-2H3. The molecule has 1 nitrogen and oxygen atoms in total. The smallest absolute Gasteiger partial charge is 0.00729 e. The van der Waals surface area contributed by atoms with Crippen molar-refractivity contribution >= 4 is 0 Å². The molecule has 0 spiro atoms. The Balaban J connectivity index is 1.97. The van der Waals surface area contributed by atoms with Crippen LogP contribution in [0.4, 0.5) is 0 Å². The van der Waals surface area contributed by atoms with Crippen molar-refractivity contribution in [3.63, 3.8) is 0 Å². The van der Waals surface area contributed by atoms with Gasteiger partial charge < -0.3 is 5.73 Å².